The van der Waals surface area contributed by atoms with E-state index in [0.29, 0.717) is 33.4 Å². The lowest BCUT2D eigenvalue weighted by Gasteiger charge is -2.13. The number of rotatable bonds is 8. The van der Waals surface area contributed by atoms with E-state index in [0.717, 1.165) is 17.3 Å². The quantitative estimate of drug-likeness (QED) is 0.201. The van der Waals surface area contributed by atoms with Crippen LogP contribution in [0, 0.1) is 5.82 Å². The number of halogens is 2. The molecule has 0 unspecified atom stereocenters. The molecule has 0 amide bonds. The number of aromatic nitrogens is 1. The molecule has 3 aromatic carbocycles. The second kappa shape index (κ2) is 11.4. The van der Waals surface area contributed by atoms with E-state index in [-0.39, 0.29) is 10.6 Å². The summed E-state index contributed by atoms with van der Waals surface area (Å²) in [6.07, 6.45) is 2.97. The van der Waals surface area contributed by atoms with Gasteiger partial charge >= 0.3 is 0 Å². The van der Waals surface area contributed by atoms with Gasteiger partial charge < -0.3 is 10.1 Å². The summed E-state index contributed by atoms with van der Waals surface area (Å²) < 4.78 is 46.7. The van der Waals surface area contributed by atoms with Crippen LogP contribution in [-0.2, 0) is 10.0 Å². The number of pyridine rings is 1. The Hall–Kier alpha value is -4.28. The molecule has 0 saturated carbocycles. The van der Waals surface area contributed by atoms with Gasteiger partial charge in [0, 0.05) is 30.1 Å². The van der Waals surface area contributed by atoms with Crippen LogP contribution in [0.1, 0.15) is 5.56 Å². The van der Waals surface area contributed by atoms with Crippen molar-refractivity contribution in [2.24, 2.45) is 9.98 Å². The first-order chi connectivity index (χ1) is 18.2. The largest absolute Gasteiger partial charge is 0.495 e. The maximum absolute atomic E-state index is 13.6. The molecule has 0 fully saturated rings. The first-order valence-corrected chi connectivity index (χ1v) is 13.0. The van der Waals surface area contributed by atoms with E-state index < -0.39 is 15.8 Å². The van der Waals surface area contributed by atoms with Gasteiger partial charge in [0.25, 0.3) is 10.0 Å². The smallest absolute Gasteiger partial charge is 0.262 e. The molecule has 1 heterocycles. The first-order valence-electron chi connectivity index (χ1n) is 11.2. The fraction of sp³-hybridized carbons (Fsp3) is 0.0741. The van der Waals surface area contributed by atoms with E-state index in [9.17, 15) is 12.8 Å². The second-order valence-electron chi connectivity index (χ2n) is 7.95. The molecule has 0 aliphatic rings. The number of anilines is 2. The highest BCUT2D eigenvalue weighted by molar-refractivity contribution is 7.92. The molecule has 194 valence electrons. The maximum Gasteiger partial charge on any atom is 0.262 e. The van der Waals surface area contributed by atoms with Gasteiger partial charge in [-0.15, -0.1) is 0 Å². The fourth-order valence-electron chi connectivity index (χ4n) is 3.66. The second-order valence-corrected chi connectivity index (χ2v) is 10.0. The van der Waals surface area contributed by atoms with Crippen molar-refractivity contribution >= 4 is 51.2 Å². The molecule has 0 bridgehead atoms. The SMILES string of the molecule is C=NC(=Nc1ccc(OC)c(Cl)c1)c1cc(-c2cncc(NS(=O)(=O)c3cccc(F)c3)c2)ccc1NC. The molecule has 0 aliphatic heterocycles. The highest BCUT2D eigenvalue weighted by Crippen LogP contribution is 2.31. The van der Waals surface area contributed by atoms with E-state index in [1.807, 2.05) is 18.2 Å². The van der Waals surface area contributed by atoms with Crippen molar-refractivity contribution in [2.45, 2.75) is 4.90 Å². The number of benzene rings is 3. The van der Waals surface area contributed by atoms with Crippen LogP contribution in [0.3, 0.4) is 0 Å². The third kappa shape index (κ3) is 5.99. The third-order valence-electron chi connectivity index (χ3n) is 5.48. The van der Waals surface area contributed by atoms with E-state index in [2.05, 4.69) is 31.7 Å². The van der Waals surface area contributed by atoms with E-state index in [1.54, 1.807) is 37.5 Å². The number of hydrogen-bond donors (Lipinski definition) is 2. The Bertz CT molecular complexity index is 1640. The summed E-state index contributed by atoms with van der Waals surface area (Å²) in [5, 5.41) is 3.52. The molecule has 11 heteroatoms. The van der Waals surface area contributed by atoms with Crippen LogP contribution in [-0.4, -0.2) is 40.1 Å². The standard InChI is InChI=1S/C27H23ClFN5O3S/c1-30-25-9-7-17(12-23(25)27(31-2)33-20-8-10-26(37-3)24(28)14-20)18-11-21(16-32-15-18)34-38(35,36)22-6-4-5-19(29)13-22/h4-16,30,34H,2H2,1,3H3. The van der Waals surface area contributed by atoms with E-state index in [1.165, 1.54) is 31.5 Å². The van der Waals surface area contributed by atoms with Gasteiger partial charge in [-0.1, -0.05) is 23.7 Å². The Labute approximate surface area is 225 Å². The lowest BCUT2D eigenvalue weighted by atomic mass is 10.0. The van der Waals surface area contributed by atoms with Gasteiger partial charge in [-0.3, -0.25) is 9.71 Å². The number of methoxy groups -OCH3 is 1. The highest BCUT2D eigenvalue weighted by Gasteiger charge is 2.16. The Kier molecular flexibility index (Phi) is 8.04. The number of nitrogens with zero attached hydrogens (tertiary/aromatic N) is 3. The van der Waals surface area contributed by atoms with E-state index in [4.69, 9.17) is 16.3 Å². The average Bonchev–Trinajstić information content (AvgIpc) is 2.91. The van der Waals surface area contributed by atoms with Crippen molar-refractivity contribution in [2.75, 3.05) is 24.2 Å². The molecule has 0 aliphatic carbocycles. The molecule has 4 aromatic rings. The average molecular weight is 552 g/mol. The number of amidine groups is 1. The van der Waals surface area contributed by atoms with Gasteiger partial charge in [0.05, 0.1) is 34.6 Å². The van der Waals surface area contributed by atoms with Crippen LogP contribution in [0.15, 0.2) is 94.0 Å². The lowest BCUT2D eigenvalue weighted by molar-refractivity contribution is 0.415. The van der Waals surface area contributed by atoms with Crippen molar-refractivity contribution in [1.82, 2.24) is 4.98 Å². The molecule has 0 atom stereocenters. The molecule has 0 saturated heterocycles. The number of ether oxygens (including phenoxy) is 1. The zero-order valence-electron chi connectivity index (χ0n) is 20.4. The Morgan fingerprint density at radius 3 is 2.55 bits per heavy atom. The molecular weight excluding hydrogens is 529 g/mol. The van der Waals surface area contributed by atoms with Gasteiger partial charge in [0.15, 0.2) is 5.84 Å². The molecule has 2 N–H and O–H groups in total. The summed E-state index contributed by atoms with van der Waals surface area (Å²) in [5.74, 6) is 0.215. The molecule has 0 spiro atoms. The third-order valence-corrected chi connectivity index (χ3v) is 7.15. The maximum atomic E-state index is 13.6. The fourth-order valence-corrected chi connectivity index (χ4v) is 4.97. The minimum atomic E-state index is -4.02. The van der Waals surface area contributed by atoms with Crippen LogP contribution >= 0.6 is 11.6 Å². The number of hydrogen-bond acceptors (Lipinski definition) is 6. The zero-order valence-corrected chi connectivity index (χ0v) is 22.0. The topological polar surface area (TPSA) is 105 Å². The van der Waals surface area contributed by atoms with Crippen LogP contribution in [0.4, 0.5) is 21.5 Å². The monoisotopic (exact) mass is 551 g/mol. The molecular formula is C27H23ClFN5O3S. The van der Waals surface area contributed by atoms with Crippen molar-refractivity contribution in [3.05, 3.63) is 95.5 Å². The van der Waals surface area contributed by atoms with Gasteiger partial charge in [-0.25, -0.2) is 22.8 Å². The molecule has 8 nitrogen and oxygen atoms in total. The van der Waals surface area contributed by atoms with Gasteiger partial charge in [0.1, 0.15) is 11.6 Å². The van der Waals surface area contributed by atoms with Crippen LogP contribution < -0.4 is 14.8 Å². The van der Waals surface area contributed by atoms with Crippen molar-refractivity contribution in [1.29, 1.82) is 0 Å². The predicted octanol–water partition coefficient (Wildman–Crippen LogP) is 6.17. The van der Waals surface area contributed by atoms with Crippen molar-refractivity contribution in [3.63, 3.8) is 0 Å². The lowest BCUT2D eigenvalue weighted by Crippen LogP contribution is -2.13. The van der Waals surface area contributed by atoms with E-state index >= 15 is 0 Å². The Morgan fingerprint density at radius 2 is 1.87 bits per heavy atom. The molecule has 4 rings (SSSR count). The molecule has 1 aromatic heterocycles. The Balaban J connectivity index is 1.70. The molecule has 0 radical (unpaired) electrons. The summed E-state index contributed by atoms with van der Waals surface area (Å²) in [6, 6.07) is 17.0. The first kappa shape index (κ1) is 26.8. The summed E-state index contributed by atoms with van der Waals surface area (Å²) in [6.45, 7) is 3.67. The minimum absolute atomic E-state index is 0.194. The van der Waals surface area contributed by atoms with Crippen LogP contribution in [0.2, 0.25) is 5.02 Å². The minimum Gasteiger partial charge on any atom is -0.495 e. The number of nitrogens with one attached hydrogen (secondary N) is 2. The van der Waals surface area contributed by atoms with Crippen LogP contribution in [0.25, 0.3) is 11.1 Å². The summed E-state index contributed by atoms with van der Waals surface area (Å²) in [7, 11) is -0.716. The normalized spacial score (nSPS) is 11.6. The van der Waals surface area contributed by atoms with Gasteiger partial charge in [-0.2, -0.15) is 0 Å². The van der Waals surface area contributed by atoms with Gasteiger partial charge in [0.2, 0.25) is 0 Å². The van der Waals surface area contributed by atoms with Gasteiger partial charge in [-0.05, 0) is 66.9 Å². The summed E-state index contributed by atoms with van der Waals surface area (Å²) >= 11 is 6.25. The number of aliphatic imine (C=N–C) groups is 2. The van der Waals surface area contributed by atoms with Crippen LogP contribution in [0.5, 0.6) is 5.75 Å². The highest BCUT2D eigenvalue weighted by atomic mass is 35.5. The molecule has 38 heavy (non-hydrogen) atoms. The van der Waals surface area contributed by atoms with Crippen molar-refractivity contribution in [3.8, 4) is 16.9 Å². The number of sulfonamides is 1. The Morgan fingerprint density at radius 1 is 1.05 bits per heavy atom. The van der Waals surface area contributed by atoms with Crippen molar-refractivity contribution < 1.29 is 17.5 Å². The zero-order chi connectivity index (χ0) is 27.3. The predicted molar refractivity (Wildman–Crippen MR) is 150 cm³/mol. The summed E-state index contributed by atoms with van der Waals surface area (Å²) in [5.41, 5.74) is 3.52. The summed E-state index contributed by atoms with van der Waals surface area (Å²) in [4.78, 5) is 12.7.